The van der Waals surface area contributed by atoms with Crippen molar-refractivity contribution in [1.82, 2.24) is 15.1 Å². The lowest BCUT2D eigenvalue weighted by molar-refractivity contribution is -0.192. The molecular formula is C26H31F3N4O5. The Bertz CT molecular complexity index is 1100. The van der Waals surface area contributed by atoms with Gasteiger partial charge in [-0.2, -0.15) is 13.2 Å². The number of anilines is 1. The summed E-state index contributed by atoms with van der Waals surface area (Å²) >= 11 is 0. The minimum absolute atomic E-state index is 0.0733. The Morgan fingerprint density at radius 3 is 2.05 bits per heavy atom. The van der Waals surface area contributed by atoms with Crippen molar-refractivity contribution in [2.45, 2.75) is 33.0 Å². The number of carbonyl (C=O) groups is 4. The minimum atomic E-state index is -5.08. The molecule has 38 heavy (non-hydrogen) atoms. The van der Waals surface area contributed by atoms with Gasteiger partial charge in [0.25, 0.3) is 5.91 Å². The van der Waals surface area contributed by atoms with Crippen LogP contribution in [0.15, 0.2) is 48.5 Å². The summed E-state index contributed by atoms with van der Waals surface area (Å²) in [6.07, 6.45) is -4.79. The van der Waals surface area contributed by atoms with Gasteiger partial charge in [0.2, 0.25) is 11.8 Å². The van der Waals surface area contributed by atoms with Gasteiger partial charge in [0.05, 0.1) is 0 Å². The number of amides is 3. The van der Waals surface area contributed by atoms with E-state index in [2.05, 4.69) is 10.6 Å². The number of carboxylic acid groups (broad SMARTS) is 1. The summed E-state index contributed by atoms with van der Waals surface area (Å²) < 4.78 is 31.7. The second-order valence-corrected chi connectivity index (χ2v) is 8.65. The number of carboxylic acids is 1. The number of hydrogen-bond donors (Lipinski definition) is 3. The lowest BCUT2D eigenvalue weighted by atomic mass is 10.1. The molecule has 1 aliphatic rings. The van der Waals surface area contributed by atoms with E-state index in [1.165, 1.54) is 6.92 Å². The van der Waals surface area contributed by atoms with Crippen LogP contribution in [-0.2, 0) is 20.9 Å². The van der Waals surface area contributed by atoms with Crippen LogP contribution in [0.4, 0.5) is 18.9 Å². The highest BCUT2D eigenvalue weighted by atomic mass is 19.4. The molecule has 3 N–H and O–H groups in total. The summed E-state index contributed by atoms with van der Waals surface area (Å²) in [4.78, 5) is 49.6. The number of piperazine rings is 1. The molecule has 2 aromatic rings. The van der Waals surface area contributed by atoms with Crippen LogP contribution in [0, 0.1) is 6.92 Å². The van der Waals surface area contributed by atoms with Gasteiger partial charge in [0.15, 0.2) is 0 Å². The average Bonchev–Trinajstić information content (AvgIpc) is 2.87. The Morgan fingerprint density at radius 2 is 1.55 bits per heavy atom. The average molecular weight is 537 g/mol. The monoisotopic (exact) mass is 536 g/mol. The SMILES string of the molecule is CC(=O)Nc1ccc(C(=O)N(CCC(=O)N2CCNCC2)Cc2ccc(C)cc2)cc1.O=C(O)C(F)(F)F. The number of nitrogens with zero attached hydrogens (tertiary/aromatic N) is 2. The molecular weight excluding hydrogens is 505 g/mol. The van der Waals surface area contributed by atoms with Gasteiger partial charge >= 0.3 is 12.1 Å². The molecule has 12 heteroatoms. The normalized spacial score (nSPS) is 13.1. The quantitative estimate of drug-likeness (QED) is 0.501. The predicted octanol–water partition coefficient (Wildman–Crippen LogP) is 3.05. The summed E-state index contributed by atoms with van der Waals surface area (Å²) in [6.45, 7) is 7.26. The van der Waals surface area contributed by atoms with Gasteiger partial charge in [0.1, 0.15) is 0 Å². The second-order valence-electron chi connectivity index (χ2n) is 8.65. The van der Waals surface area contributed by atoms with E-state index in [4.69, 9.17) is 9.90 Å². The first-order valence-corrected chi connectivity index (χ1v) is 11.9. The summed E-state index contributed by atoms with van der Waals surface area (Å²) in [5.74, 6) is -2.98. The van der Waals surface area contributed by atoms with Crippen LogP contribution in [0.5, 0.6) is 0 Å². The topological polar surface area (TPSA) is 119 Å². The molecule has 2 aromatic carbocycles. The molecule has 0 bridgehead atoms. The maximum Gasteiger partial charge on any atom is 0.490 e. The molecule has 3 rings (SSSR count). The zero-order chi connectivity index (χ0) is 28.3. The van der Waals surface area contributed by atoms with Crippen molar-refractivity contribution in [3.8, 4) is 0 Å². The van der Waals surface area contributed by atoms with Crippen LogP contribution in [0.25, 0.3) is 0 Å². The molecule has 0 atom stereocenters. The van der Waals surface area contributed by atoms with Crippen LogP contribution < -0.4 is 10.6 Å². The van der Waals surface area contributed by atoms with Crippen molar-refractivity contribution in [3.05, 3.63) is 65.2 Å². The number of aryl methyl sites for hydroxylation is 1. The highest BCUT2D eigenvalue weighted by molar-refractivity contribution is 5.95. The van der Waals surface area contributed by atoms with Gasteiger partial charge in [-0.15, -0.1) is 0 Å². The number of benzene rings is 2. The largest absolute Gasteiger partial charge is 0.490 e. The molecule has 0 saturated carbocycles. The van der Waals surface area contributed by atoms with Gasteiger partial charge in [-0.1, -0.05) is 29.8 Å². The number of rotatable bonds is 7. The van der Waals surface area contributed by atoms with Crippen LogP contribution in [0.2, 0.25) is 0 Å². The van der Waals surface area contributed by atoms with Gasteiger partial charge < -0.3 is 25.5 Å². The maximum atomic E-state index is 13.2. The van der Waals surface area contributed by atoms with Crippen molar-refractivity contribution in [3.63, 3.8) is 0 Å². The number of alkyl halides is 3. The van der Waals surface area contributed by atoms with Gasteiger partial charge in [-0.3, -0.25) is 14.4 Å². The van der Waals surface area contributed by atoms with Crippen molar-refractivity contribution in [2.24, 2.45) is 0 Å². The molecule has 0 unspecified atom stereocenters. The van der Waals surface area contributed by atoms with Crippen LogP contribution in [0.1, 0.15) is 34.8 Å². The summed E-state index contributed by atoms with van der Waals surface area (Å²) in [7, 11) is 0. The van der Waals surface area contributed by atoms with E-state index in [1.807, 2.05) is 36.1 Å². The van der Waals surface area contributed by atoms with E-state index in [9.17, 15) is 27.6 Å². The van der Waals surface area contributed by atoms with E-state index in [0.717, 1.165) is 24.2 Å². The van der Waals surface area contributed by atoms with E-state index in [-0.39, 0.29) is 17.7 Å². The van der Waals surface area contributed by atoms with Crippen molar-refractivity contribution < 1.29 is 37.5 Å². The summed E-state index contributed by atoms with van der Waals surface area (Å²) in [5.41, 5.74) is 3.34. The van der Waals surface area contributed by atoms with E-state index >= 15 is 0 Å². The highest BCUT2D eigenvalue weighted by Crippen LogP contribution is 2.16. The fraction of sp³-hybridized carbons (Fsp3) is 0.385. The molecule has 0 spiro atoms. The Kier molecular flexibility index (Phi) is 11.3. The third-order valence-corrected chi connectivity index (χ3v) is 5.54. The number of aliphatic carboxylic acids is 1. The molecule has 3 amide bonds. The zero-order valence-corrected chi connectivity index (χ0v) is 21.2. The van der Waals surface area contributed by atoms with E-state index in [0.29, 0.717) is 43.9 Å². The molecule has 206 valence electrons. The Balaban J connectivity index is 0.000000638. The smallest absolute Gasteiger partial charge is 0.475 e. The fourth-order valence-electron chi connectivity index (χ4n) is 3.55. The van der Waals surface area contributed by atoms with Gasteiger partial charge in [0, 0.05) is 63.9 Å². The molecule has 1 aliphatic heterocycles. The number of nitrogens with one attached hydrogen (secondary N) is 2. The zero-order valence-electron chi connectivity index (χ0n) is 21.2. The number of hydrogen-bond acceptors (Lipinski definition) is 5. The van der Waals surface area contributed by atoms with E-state index < -0.39 is 12.1 Å². The van der Waals surface area contributed by atoms with Crippen LogP contribution in [0.3, 0.4) is 0 Å². The highest BCUT2D eigenvalue weighted by Gasteiger charge is 2.38. The molecule has 1 fully saturated rings. The molecule has 1 saturated heterocycles. The Labute approximate surface area is 218 Å². The summed E-state index contributed by atoms with van der Waals surface area (Å²) in [6, 6.07) is 14.9. The van der Waals surface area contributed by atoms with Crippen LogP contribution in [-0.4, -0.2) is 77.5 Å². The van der Waals surface area contributed by atoms with Crippen molar-refractivity contribution in [2.75, 3.05) is 38.0 Å². The maximum absolute atomic E-state index is 13.2. The standard InChI is InChI=1S/C24H30N4O3.C2HF3O2/c1-18-3-5-20(6-4-18)17-28(14-11-23(30)27-15-12-25-13-16-27)24(31)21-7-9-22(10-8-21)26-19(2)29;3-2(4,5)1(6)7/h3-10,25H,11-17H2,1-2H3,(H,26,29);(H,6,7). The van der Waals surface area contributed by atoms with E-state index in [1.54, 1.807) is 29.2 Å². The van der Waals surface area contributed by atoms with Gasteiger partial charge in [-0.05, 0) is 36.8 Å². The molecule has 0 aliphatic carbocycles. The van der Waals surface area contributed by atoms with Crippen molar-refractivity contribution in [1.29, 1.82) is 0 Å². The summed E-state index contributed by atoms with van der Waals surface area (Å²) in [5, 5.41) is 13.1. The molecule has 9 nitrogen and oxygen atoms in total. The Morgan fingerprint density at radius 1 is 1.00 bits per heavy atom. The predicted molar refractivity (Wildman–Crippen MR) is 134 cm³/mol. The molecule has 0 aromatic heterocycles. The van der Waals surface area contributed by atoms with Gasteiger partial charge in [-0.25, -0.2) is 4.79 Å². The number of halogens is 3. The third-order valence-electron chi connectivity index (χ3n) is 5.54. The number of carbonyl (C=O) groups excluding carboxylic acids is 3. The lowest BCUT2D eigenvalue weighted by Gasteiger charge is -2.29. The first-order chi connectivity index (χ1) is 17.9. The van der Waals surface area contributed by atoms with Crippen molar-refractivity contribution >= 4 is 29.4 Å². The fourth-order valence-corrected chi connectivity index (χ4v) is 3.55. The second kappa shape index (κ2) is 14.1. The minimum Gasteiger partial charge on any atom is -0.475 e. The molecule has 1 heterocycles. The third kappa shape index (κ3) is 10.2. The Hall–Kier alpha value is -3.93. The lowest BCUT2D eigenvalue weighted by Crippen LogP contribution is -2.47. The van der Waals surface area contributed by atoms with Crippen LogP contribution >= 0.6 is 0 Å². The molecule has 0 radical (unpaired) electrons. The first kappa shape index (κ1) is 30.3. The first-order valence-electron chi connectivity index (χ1n) is 11.9.